The Morgan fingerprint density at radius 1 is 1.37 bits per heavy atom. The lowest BCUT2D eigenvalue weighted by molar-refractivity contribution is 0.500. The highest BCUT2D eigenvalue weighted by molar-refractivity contribution is 6.29. The van der Waals surface area contributed by atoms with Crippen molar-refractivity contribution in [3.8, 4) is 0 Å². The molecule has 0 saturated heterocycles. The highest BCUT2D eigenvalue weighted by atomic mass is 35.5. The summed E-state index contributed by atoms with van der Waals surface area (Å²) in [5.74, 6) is 0. The third-order valence-electron chi connectivity index (χ3n) is 2.96. The second kappa shape index (κ2) is 5.01. The van der Waals surface area contributed by atoms with Crippen LogP contribution in [-0.2, 0) is 6.54 Å². The number of pyridine rings is 1. The largest absolute Gasteiger partial charge is 0.433 e. The first kappa shape index (κ1) is 12.2. The number of hydrogen-bond donors (Lipinski definition) is 0. The molecule has 1 aliphatic rings. The van der Waals surface area contributed by atoms with Gasteiger partial charge in [-0.3, -0.25) is 4.79 Å². The molecule has 1 aliphatic carbocycles. The number of halogens is 1. The fourth-order valence-corrected chi connectivity index (χ4v) is 1.99. The average molecular weight is 278 g/mol. The smallest absolute Gasteiger partial charge is 0.301 e. The number of nitrogens with zero attached hydrogens (tertiary/aromatic N) is 3. The standard InChI is InChI=1S/C13H12ClN3O2/c14-11-4-1-9(7-15-11)8-17(10-2-3-10)13-16-12(18)5-6-19-13/h1,4-7,10H,2-3,8H2. The third kappa shape index (κ3) is 2.93. The van der Waals surface area contributed by atoms with Gasteiger partial charge in [-0.05, 0) is 24.5 Å². The van der Waals surface area contributed by atoms with Crippen LogP contribution in [0, 0.1) is 0 Å². The molecule has 0 N–H and O–H groups in total. The molecule has 0 aromatic carbocycles. The highest BCUT2D eigenvalue weighted by Gasteiger charge is 2.31. The molecule has 6 heteroatoms. The van der Waals surface area contributed by atoms with Crippen LogP contribution in [0.1, 0.15) is 18.4 Å². The Balaban J connectivity index is 1.85. The van der Waals surface area contributed by atoms with E-state index in [0.717, 1.165) is 18.4 Å². The molecule has 0 aliphatic heterocycles. The normalized spacial score (nSPS) is 14.4. The lowest BCUT2D eigenvalue weighted by atomic mass is 10.2. The van der Waals surface area contributed by atoms with Crippen LogP contribution in [0.25, 0.3) is 0 Å². The van der Waals surface area contributed by atoms with Crippen molar-refractivity contribution in [3.63, 3.8) is 0 Å². The van der Waals surface area contributed by atoms with E-state index >= 15 is 0 Å². The zero-order chi connectivity index (χ0) is 13.2. The van der Waals surface area contributed by atoms with E-state index in [-0.39, 0.29) is 5.56 Å². The SMILES string of the molecule is O=c1ccoc(N(Cc2ccc(Cl)nc2)C2CC2)n1. The fourth-order valence-electron chi connectivity index (χ4n) is 1.88. The van der Waals surface area contributed by atoms with Crippen LogP contribution in [0.2, 0.25) is 5.15 Å². The number of aromatic nitrogens is 2. The summed E-state index contributed by atoms with van der Waals surface area (Å²) in [6.45, 7) is 0.606. The van der Waals surface area contributed by atoms with E-state index in [1.807, 2.05) is 11.0 Å². The maximum Gasteiger partial charge on any atom is 0.301 e. The zero-order valence-electron chi connectivity index (χ0n) is 10.1. The molecule has 0 bridgehead atoms. The van der Waals surface area contributed by atoms with E-state index in [0.29, 0.717) is 23.8 Å². The first-order valence-corrected chi connectivity index (χ1v) is 6.43. The first-order chi connectivity index (χ1) is 9.22. The minimum atomic E-state index is -0.291. The van der Waals surface area contributed by atoms with E-state index in [9.17, 15) is 4.79 Å². The van der Waals surface area contributed by atoms with Crippen molar-refractivity contribution < 1.29 is 4.42 Å². The lowest BCUT2D eigenvalue weighted by Crippen LogP contribution is -2.27. The van der Waals surface area contributed by atoms with Crippen LogP contribution in [-0.4, -0.2) is 16.0 Å². The van der Waals surface area contributed by atoms with Crippen molar-refractivity contribution in [3.05, 3.63) is 51.7 Å². The van der Waals surface area contributed by atoms with Crippen molar-refractivity contribution in [1.29, 1.82) is 0 Å². The van der Waals surface area contributed by atoms with Crippen LogP contribution in [0.5, 0.6) is 0 Å². The Morgan fingerprint density at radius 2 is 2.21 bits per heavy atom. The molecule has 0 atom stereocenters. The van der Waals surface area contributed by atoms with Crippen LogP contribution in [0.3, 0.4) is 0 Å². The molecule has 0 radical (unpaired) electrons. The molecule has 0 unspecified atom stereocenters. The van der Waals surface area contributed by atoms with Gasteiger partial charge in [-0.15, -0.1) is 0 Å². The Bertz CT molecular complexity index is 622. The van der Waals surface area contributed by atoms with Gasteiger partial charge in [0.15, 0.2) is 0 Å². The molecule has 19 heavy (non-hydrogen) atoms. The molecule has 0 amide bonds. The molecule has 2 heterocycles. The van der Waals surface area contributed by atoms with Gasteiger partial charge in [-0.2, -0.15) is 4.98 Å². The topological polar surface area (TPSA) is 59.2 Å². The third-order valence-corrected chi connectivity index (χ3v) is 3.19. The van der Waals surface area contributed by atoms with Gasteiger partial charge in [0.2, 0.25) is 0 Å². The van der Waals surface area contributed by atoms with E-state index < -0.39 is 0 Å². The average Bonchev–Trinajstić information content (AvgIpc) is 3.22. The second-order valence-electron chi connectivity index (χ2n) is 4.50. The van der Waals surface area contributed by atoms with Gasteiger partial charge < -0.3 is 9.32 Å². The Hall–Kier alpha value is -1.88. The van der Waals surface area contributed by atoms with Gasteiger partial charge in [0.25, 0.3) is 5.56 Å². The summed E-state index contributed by atoms with van der Waals surface area (Å²) in [6.07, 6.45) is 5.27. The van der Waals surface area contributed by atoms with Crippen molar-refractivity contribution >= 4 is 17.6 Å². The van der Waals surface area contributed by atoms with Gasteiger partial charge in [-0.1, -0.05) is 17.7 Å². The molecule has 2 aromatic rings. The van der Waals surface area contributed by atoms with Gasteiger partial charge >= 0.3 is 6.01 Å². The summed E-state index contributed by atoms with van der Waals surface area (Å²) in [4.78, 5) is 21.3. The molecule has 2 aromatic heterocycles. The van der Waals surface area contributed by atoms with E-state index in [2.05, 4.69) is 9.97 Å². The Labute approximate surface area is 114 Å². The van der Waals surface area contributed by atoms with E-state index in [1.54, 1.807) is 12.3 Å². The first-order valence-electron chi connectivity index (χ1n) is 6.05. The van der Waals surface area contributed by atoms with Gasteiger partial charge in [-0.25, -0.2) is 4.98 Å². The van der Waals surface area contributed by atoms with E-state index in [1.165, 1.54) is 12.3 Å². The van der Waals surface area contributed by atoms with Gasteiger partial charge in [0.05, 0.1) is 0 Å². The van der Waals surface area contributed by atoms with Crippen LogP contribution >= 0.6 is 11.6 Å². The van der Waals surface area contributed by atoms with Crippen LogP contribution in [0.4, 0.5) is 6.01 Å². The maximum absolute atomic E-state index is 11.3. The summed E-state index contributed by atoms with van der Waals surface area (Å²) in [6, 6.07) is 5.71. The molecular weight excluding hydrogens is 266 g/mol. The summed E-state index contributed by atoms with van der Waals surface area (Å²) in [5, 5.41) is 0.464. The molecule has 5 nitrogen and oxygen atoms in total. The lowest BCUT2D eigenvalue weighted by Gasteiger charge is -2.20. The zero-order valence-corrected chi connectivity index (χ0v) is 10.9. The highest BCUT2D eigenvalue weighted by Crippen LogP contribution is 2.31. The van der Waals surface area contributed by atoms with Crippen molar-refractivity contribution in [2.24, 2.45) is 0 Å². The van der Waals surface area contributed by atoms with Crippen LogP contribution in [0.15, 0.2) is 39.9 Å². The number of anilines is 1. The van der Waals surface area contributed by atoms with E-state index in [4.69, 9.17) is 16.0 Å². The fraction of sp³-hybridized carbons (Fsp3) is 0.308. The Kier molecular flexibility index (Phi) is 3.21. The molecule has 0 spiro atoms. The van der Waals surface area contributed by atoms with Crippen LogP contribution < -0.4 is 10.5 Å². The molecule has 1 fully saturated rings. The molecule has 1 saturated carbocycles. The quantitative estimate of drug-likeness (QED) is 0.802. The summed E-state index contributed by atoms with van der Waals surface area (Å²) in [5.41, 5.74) is 0.714. The van der Waals surface area contributed by atoms with Crippen molar-refractivity contribution in [2.75, 3.05) is 4.90 Å². The predicted molar refractivity (Wildman–Crippen MR) is 71.2 cm³/mol. The second-order valence-corrected chi connectivity index (χ2v) is 4.89. The Morgan fingerprint density at radius 3 is 2.84 bits per heavy atom. The summed E-state index contributed by atoms with van der Waals surface area (Å²) < 4.78 is 5.34. The van der Waals surface area contributed by atoms with Crippen molar-refractivity contribution in [1.82, 2.24) is 9.97 Å². The minimum Gasteiger partial charge on any atom is -0.433 e. The van der Waals surface area contributed by atoms with Crippen molar-refractivity contribution in [2.45, 2.75) is 25.4 Å². The summed E-state index contributed by atoms with van der Waals surface area (Å²) in [7, 11) is 0. The molecule has 3 rings (SSSR count). The molecule has 98 valence electrons. The minimum absolute atomic E-state index is 0.291. The number of hydrogen-bond acceptors (Lipinski definition) is 5. The van der Waals surface area contributed by atoms with Gasteiger partial charge in [0.1, 0.15) is 11.4 Å². The summed E-state index contributed by atoms with van der Waals surface area (Å²) >= 11 is 5.76. The molecular formula is C13H12ClN3O2. The number of rotatable bonds is 4. The monoisotopic (exact) mass is 277 g/mol. The maximum atomic E-state index is 11.3. The van der Waals surface area contributed by atoms with Gasteiger partial charge in [0, 0.05) is 24.8 Å². The predicted octanol–water partition coefficient (Wildman–Crippen LogP) is 2.25.